The molecule has 12 nitrogen and oxygen atoms in total. The summed E-state index contributed by atoms with van der Waals surface area (Å²) in [6.45, 7) is 5.91. The van der Waals surface area contributed by atoms with Gasteiger partial charge in [-0.2, -0.15) is 18.1 Å². The molecule has 4 bridgehead atoms. The van der Waals surface area contributed by atoms with Crippen LogP contribution >= 0.6 is 30.2 Å². The molecule has 3 aromatic rings. The molecule has 44 heavy (non-hydrogen) atoms. The first kappa shape index (κ1) is 28.2. The van der Waals surface area contributed by atoms with Gasteiger partial charge in [-0.1, -0.05) is 60.7 Å². The molecule has 3 aromatic carbocycles. The molecule has 4 unspecified atom stereocenters. The molecule has 7 heterocycles. The van der Waals surface area contributed by atoms with Gasteiger partial charge in [0, 0.05) is 63.5 Å². The van der Waals surface area contributed by atoms with Gasteiger partial charge in [-0.3, -0.25) is 10.2 Å². The predicted molar refractivity (Wildman–Crippen MR) is 178 cm³/mol. The summed E-state index contributed by atoms with van der Waals surface area (Å²) < 4.78 is 47.2. The van der Waals surface area contributed by atoms with Crippen LogP contribution in [0.5, 0.6) is 11.5 Å². The molecule has 10 rings (SSSR count). The predicted octanol–water partition coefficient (Wildman–Crippen LogP) is 7.36. The maximum atomic E-state index is 7.19. The highest BCUT2D eigenvalue weighted by atomic mass is 31.3. The van der Waals surface area contributed by atoms with E-state index in [1.807, 2.05) is 12.1 Å². The van der Waals surface area contributed by atoms with Gasteiger partial charge in [-0.15, -0.1) is 0 Å². The highest BCUT2D eigenvalue weighted by Gasteiger charge is 2.51. The van der Waals surface area contributed by atoms with Crippen molar-refractivity contribution in [1.82, 2.24) is 28.9 Å². The Bertz CT molecular complexity index is 1800. The van der Waals surface area contributed by atoms with Crippen LogP contribution in [0.15, 0.2) is 90.9 Å². The molecule has 0 aromatic heterocycles. The van der Waals surface area contributed by atoms with Crippen molar-refractivity contribution in [2.45, 2.75) is 26.2 Å². The van der Waals surface area contributed by atoms with Crippen molar-refractivity contribution in [3.63, 3.8) is 0 Å². The van der Waals surface area contributed by atoms with Crippen LogP contribution in [-0.2, 0) is 26.2 Å². The Kier molecular flexibility index (Phi) is 6.55. The largest absolute Gasteiger partial charge is 0.430 e. The molecule has 2 N–H and O–H groups in total. The number of nitrogens with zero attached hydrogens (tertiary/aromatic N) is 8. The molecular formula is C28H36N10O2P4. The van der Waals surface area contributed by atoms with Crippen LogP contribution in [0.3, 0.4) is 0 Å². The van der Waals surface area contributed by atoms with Crippen LogP contribution in [0.4, 0.5) is 0 Å². The zero-order chi connectivity index (χ0) is 29.6. The molecule has 0 aliphatic carbocycles. The first-order valence-corrected chi connectivity index (χ1v) is 21.4. The Morgan fingerprint density at radius 2 is 1.07 bits per heavy atom. The zero-order valence-electron chi connectivity index (χ0n) is 24.8. The van der Waals surface area contributed by atoms with Crippen LogP contribution in [0.1, 0.15) is 22.3 Å². The highest BCUT2D eigenvalue weighted by Crippen LogP contribution is 2.82. The van der Waals surface area contributed by atoms with E-state index in [0.717, 1.165) is 48.8 Å². The van der Waals surface area contributed by atoms with Gasteiger partial charge >= 0.3 is 15.2 Å². The van der Waals surface area contributed by atoms with Gasteiger partial charge in [0.05, 0.1) is 0 Å². The van der Waals surface area contributed by atoms with Crippen molar-refractivity contribution < 1.29 is 9.05 Å². The molecule has 0 amide bonds. The summed E-state index contributed by atoms with van der Waals surface area (Å²) in [4.78, 5) is 0. The topological polar surface area (TPSA) is 105 Å². The summed E-state index contributed by atoms with van der Waals surface area (Å²) in [6, 6.07) is 25.5. The lowest BCUT2D eigenvalue weighted by molar-refractivity contribution is 0.355. The van der Waals surface area contributed by atoms with Crippen LogP contribution in [0, 0.1) is 0 Å². The van der Waals surface area contributed by atoms with Crippen molar-refractivity contribution >= 4 is 30.2 Å². The fraction of sp³-hybridized carbons (Fsp3) is 0.357. The third kappa shape index (κ3) is 4.35. The van der Waals surface area contributed by atoms with Crippen molar-refractivity contribution in [3.8, 4) is 11.5 Å². The van der Waals surface area contributed by atoms with E-state index in [2.05, 4.69) is 104 Å². The smallest absolute Gasteiger partial charge is 0.334 e. The normalized spacial score (nSPS) is 34.8. The lowest BCUT2D eigenvalue weighted by Gasteiger charge is -2.45. The van der Waals surface area contributed by atoms with Crippen molar-refractivity contribution in [3.05, 3.63) is 95.1 Å². The quantitative estimate of drug-likeness (QED) is 0.240. The minimum Gasteiger partial charge on any atom is -0.430 e. The lowest BCUT2D eigenvalue weighted by Crippen LogP contribution is -2.30. The Balaban J connectivity index is 1.43. The molecule has 7 aliphatic heterocycles. The molecular weight excluding hydrogens is 632 g/mol. The number of nitrogens with one attached hydrogen (secondary N) is 2. The lowest BCUT2D eigenvalue weighted by atomic mass is 10.1. The second-order valence-electron chi connectivity index (χ2n) is 12.0. The third-order valence-corrected chi connectivity index (χ3v) is 23.2. The van der Waals surface area contributed by atoms with E-state index in [4.69, 9.17) is 27.1 Å². The van der Waals surface area contributed by atoms with Gasteiger partial charge in [0.15, 0.2) is 0 Å². The van der Waals surface area contributed by atoms with E-state index in [1.165, 1.54) is 11.1 Å². The van der Waals surface area contributed by atoms with E-state index in [-0.39, 0.29) is 0 Å². The fourth-order valence-corrected chi connectivity index (χ4v) is 23.8. The first-order chi connectivity index (χ1) is 21.4. The van der Waals surface area contributed by atoms with E-state index >= 15 is 0 Å². The summed E-state index contributed by atoms with van der Waals surface area (Å²) in [6.07, 6.45) is 0. The van der Waals surface area contributed by atoms with E-state index in [0.29, 0.717) is 26.2 Å². The number of fused-ring (bicyclic) bond motifs is 2. The summed E-state index contributed by atoms with van der Waals surface area (Å²) in [5.74, 6) is 1.69. The van der Waals surface area contributed by atoms with E-state index in [9.17, 15) is 0 Å². The van der Waals surface area contributed by atoms with E-state index in [1.54, 1.807) is 0 Å². The Labute approximate surface area is 258 Å². The Morgan fingerprint density at radius 3 is 1.52 bits per heavy atom. The molecule has 4 spiro atoms. The minimum absolute atomic E-state index is 0.663. The Morgan fingerprint density at radius 1 is 0.591 bits per heavy atom. The molecule has 16 heteroatoms. The monoisotopic (exact) mass is 668 g/mol. The molecule has 4 atom stereocenters. The number of benzene rings is 3. The van der Waals surface area contributed by atoms with Crippen molar-refractivity contribution in [2.24, 2.45) is 18.1 Å². The molecule has 230 valence electrons. The maximum absolute atomic E-state index is 7.19. The number of hydrogen-bond donors (Lipinski definition) is 2. The number of rotatable bonds is 0. The molecule has 2 fully saturated rings. The fourth-order valence-electron chi connectivity index (χ4n) is 6.61. The van der Waals surface area contributed by atoms with Crippen LogP contribution in [-0.4, -0.2) is 59.0 Å². The van der Waals surface area contributed by atoms with Gasteiger partial charge in [0.25, 0.3) is 0 Å². The first-order valence-electron chi connectivity index (χ1n) is 15.0. The second kappa shape index (κ2) is 10.2. The SMILES string of the molecule is CN1CCNP12=NP13=NP4(=NP5(=N2)Oc2ccccc2CN5Cc2cccc(c2)CN1Cc1ccccc1O3)NCCN4C. The number of para-hydroxylation sites is 2. The van der Waals surface area contributed by atoms with Crippen LogP contribution in [0.25, 0.3) is 0 Å². The van der Waals surface area contributed by atoms with E-state index < -0.39 is 30.2 Å². The van der Waals surface area contributed by atoms with Crippen molar-refractivity contribution in [2.75, 3.05) is 40.3 Å². The summed E-state index contributed by atoms with van der Waals surface area (Å²) in [7, 11) is -7.42. The van der Waals surface area contributed by atoms with Gasteiger partial charge in [0.2, 0.25) is 15.0 Å². The van der Waals surface area contributed by atoms with Crippen LogP contribution < -0.4 is 19.2 Å². The van der Waals surface area contributed by atoms with Crippen LogP contribution in [0.2, 0.25) is 0 Å². The van der Waals surface area contributed by atoms with Gasteiger partial charge < -0.3 is 9.05 Å². The molecule has 7 aliphatic rings. The molecule has 2 saturated heterocycles. The van der Waals surface area contributed by atoms with Gasteiger partial charge in [-0.25, -0.2) is 18.7 Å². The van der Waals surface area contributed by atoms with Crippen molar-refractivity contribution in [1.29, 1.82) is 0 Å². The summed E-state index contributed by atoms with van der Waals surface area (Å²) in [5, 5.41) is 7.62. The highest BCUT2D eigenvalue weighted by molar-refractivity contribution is 7.82. The third-order valence-electron chi connectivity index (χ3n) is 8.99. The Hall–Kier alpha value is -2.06. The molecule has 0 radical (unpaired) electrons. The number of likely N-dealkylation sites (N-methyl/N-ethyl adjacent to an activating group) is 2. The summed E-state index contributed by atoms with van der Waals surface area (Å²) >= 11 is 0. The zero-order valence-corrected chi connectivity index (χ0v) is 28.3. The average Bonchev–Trinajstić information content (AvgIpc) is 3.53. The summed E-state index contributed by atoms with van der Waals surface area (Å²) in [5.41, 5.74) is 4.73. The number of hydrogen-bond acceptors (Lipinski definition) is 12. The standard InChI is InChI=1S/C28H36N10O2P4/c1-35-16-14-29-41(35)31-43-33-42(30-15-17-36(42)2)34-44(32-41)38(22-26-11-4-6-13-28(26)40-44)20-24-9-7-8-23(18-24)19-37(43)21-25-10-3-5-12-27(25)39-43/h3-13,18,29-30H,14-17,19-22H2,1-2H3. The molecule has 0 saturated carbocycles. The van der Waals surface area contributed by atoms with Gasteiger partial charge in [-0.05, 0) is 37.4 Å². The second-order valence-corrected chi connectivity index (χ2v) is 22.6. The average molecular weight is 669 g/mol. The minimum atomic E-state index is -3.07. The van der Waals surface area contributed by atoms with Gasteiger partial charge in [0.1, 0.15) is 11.5 Å². The maximum Gasteiger partial charge on any atom is 0.334 e.